The molecule has 0 saturated carbocycles. The fourth-order valence-corrected chi connectivity index (χ4v) is 2.62. The van der Waals surface area contributed by atoms with E-state index in [0.29, 0.717) is 43.5 Å². The van der Waals surface area contributed by atoms with Crippen LogP contribution in [0.15, 0.2) is 29.8 Å². The third kappa shape index (κ3) is 4.10. The Morgan fingerprint density at radius 1 is 1.17 bits per heavy atom. The number of hydrogen-bond donors (Lipinski definition) is 0. The van der Waals surface area contributed by atoms with Crippen LogP contribution in [0.25, 0.3) is 0 Å². The molecule has 0 aliphatic carbocycles. The van der Waals surface area contributed by atoms with Crippen LogP contribution in [0.3, 0.4) is 0 Å². The molecule has 0 spiro atoms. The van der Waals surface area contributed by atoms with Gasteiger partial charge in [-0.15, -0.1) is 0 Å². The molecule has 7 heteroatoms. The molecule has 0 amide bonds. The highest BCUT2D eigenvalue weighted by atomic mass is 19.4. The summed E-state index contributed by atoms with van der Waals surface area (Å²) in [7, 11) is 0. The number of nitrogens with zero attached hydrogens (tertiary/aromatic N) is 1. The highest BCUT2D eigenvalue weighted by molar-refractivity contribution is 5.46. The third-order valence-electron chi connectivity index (χ3n) is 3.89. The number of rotatable bonds is 5. The quantitative estimate of drug-likeness (QED) is 0.612. The van der Waals surface area contributed by atoms with Crippen molar-refractivity contribution >= 4 is 0 Å². The van der Waals surface area contributed by atoms with Gasteiger partial charge in [0.25, 0.3) is 0 Å². The standard InChI is InChI=1S/C16H18F3NO3/c17-16(18,19)12-4-7-20(8-5-12)6-1-9-21-13-2-3-14-15(10-13)23-11-22-14/h2-4,10H,1,5-9,11H2. The van der Waals surface area contributed by atoms with Crippen LogP contribution in [0.4, 0.5) is 13.2 Å². The second kappa shape index (κ2) is 6.70. The number of fused-ring (bicyclic) bond motifs is 1. The van der Waals surface area contributed by atoms with Gasteiger partial charge in [-0.3, -0.25) is 4.90 Å². The first kappa shape index (κ1) is 16.0. The van der Waals surface area contributed by atoms with Gasteiger partial charge in [0.1, 0.15) is 5.75 Å². The Balaban J connectivity index is 1.39. The monoisotopic (exact) mass is 329 g/mol. The van der Waals surface area contributed by atoms with Crippen LogP contribution in [0.5, 0.6) is 17.2 Å². The van der Waals surface area contributed by atoms with Crippen molar-refractivity contribution in [3.05, 3.63) is 29.8 Å². The molecule has 2 aliphatic rings. The highest BCUT2D eigenvalue weighted by Gasteiger charge is 2.34. The van der Waals surface area contributed by atoms with Gasteiger partial charge in [0.2, 0.25) is 6.79 Å². The maximum absolute atomic E-state index is 12.5. The predicted molar refractivity (Wildman–Crippen MR) is 77.9 cm³/mol. The average Bonchev–Trinajstić information content (AvgIpc) is 2.99. The van der Waals surface area contributed by atoms with Crippen LogP contribution in [0, 0.1) is 0 Å². The molecule has 0 unspecified atom stereocenters. The van der Waals surface area contributed by atoms with Gasteiger partial charge in [0.15, 0.2) is 11.5 Å². The molecular weight excluding hydrogens is 311 g/mol. The van der Waals surface area contributed by atoms with Crippen molar-refractivity contribution in [1.82, 2.24) is 4.90 Å². The zero-order chi connectivity index (χ0) is 16.3. The molecule has 0 atom stereocenters. The maximum Gasteiger partial charge on any atom is 0.412 e. The zero-order valence-electron chi connectivity index (χ0n) is 12.6. The highest BCUT2D eigenvalue weighted by Crippen LogP contribution is 2.35. The van der Waals surface area contributed by atoms with E-state index in [4.69, 9.17) is 14.2 Å². The summed E-state index contributed by atoms with van der Waals surface area (Å²) in [5, 5.41) is 0. The largest absolute Gasteiger partial charge is 0.493 e. The van der Waals surface area contributed by atoms with Crippen LogP contribution in [-0.4, -0.2) is 44.1 Å². The predicted octanol–water partition coefficient (Wildman–Crippen LogP) is 3.38. The molecule has 2 aliphatic heterocycles. The normalized spacial score (nSPS) is 18.0. The third-order valence-corrected chi connectivity index (χ3v) is 3.89. The molecule has 0 radical (unpaired) electrons. The molecule has 0 saturated heterocycles. The molecule has 0 aromatic heterocycles. The molecule has 126 valence electrons. The van der Waals surface area contributed by atoms with E-state index < -0.39 is 11.7 Å². The number of halogens is 3. The summed E-state index contributed by atoms with van der Waals surface area (Å²) >= 11 is 0. The molecule has 0 bridgehead atoms. The lowest BCUT2D eigenvalue weighted by Gasteiger charge is -2.27. The van der Waals surface area contributed by atoms with Crippen molar-refractivity contribution in [2.75, 3.05) is 33.0 Å². The van der Waals surface area contributed by atoms with Gasteiger partial charge >= 0.3 is 6.18 Å². The van der Waals surface area contributed by atoms with Crippen molar-refractivity contribution in [2.24, 2.45) is 0 Å². The van der Waals surface area contributed by atoms with Crippen molar-refractivity contribution in [3.8, 4) is 17.2 Å². The van der Waals surface area contributed by atoms with Gasteiger partial charge in [0, 0.05) is 31.3 Å². The van der Waals surface area contributed by atoms with Crippen LogP contribution < -0.4 is 14.2 Å². The molecule has 4 nitrogen and oxygen atoms in total. The van der Waals surface area contributed by atoms with Gasteiger partial charge in [-0.25, -0.2) is 0 Å². The molecule has 1 aromatic carbocycles. The lowest BCUT2D eigenvalue weighted by Crippen LogP contribution is -2.33. The van der Waals surface area contributed by atoms with Gasteiger partial charge in [-0.1, -0.05) is 6.08 Å². The first-order valence-corrected chi connectivity index (χ1v) is 7.53. The summed E-state index contributed by atoms with van der Waals surface area (Å²) in [6, 6.07) is 5.39. The summed E-state index contributed by atoms with van der Waals surface area (Å²) in [5.41, 5.74) is -0.412. The van der Waals surface area contributed by atoms with Crippen molar-refractivity contribution in [1.29, 1.82) is 0 Å². The molecular formula is C16H18F3NO3. The molecule has 2 heterocycles. The topological polar surface area (TPSA) is 30.9 Å². The Morgan fingerprint density at radius 2 is 2.00 bits per heavy atom. The summed E-state index contributed by atoms with van der Waals surface area (Å²) in [4.78, 5) is 2.00. The second-order valence-corrected chi connectivity index (χ2v) is 5.49. The number of ether oxygens (including phenoxy) is 3. The van der Waals surface area contributed by atoms with Gasteiger partial charge in [-0.2, -0.15) is 13.2 Å². The number of benzene rings is 1. The Hall–Kier alpha value is -1.89. The van der Waals surface area contributed by atoms with Crippen LogP contribution in [0.2, 0.25) is 0 Å². The van der Waals surface area contributed by atoms with Gasteiger partial charge in [0.05, 0.1) is 6.61 Å². The van der Waals surface area contributed by atoms with Crippen LogP contribution in [0.1, 0.15) is 12.8 Å². The van der Waals surface area contributed by atoms with E-state index in [0.717, 1.165) is 6.42 Å². The van der Waals surface area contributed by atoms with E-state index in [1.54, 1.807) is 12.1 Å². The fourth-order valence-electron chi connectivity index (χ4n) is 2.62. The van der Waals surface area contributed by atoms with Crippen LogP contribution in [-0.2, 0) is 0 Å². The minimum Gasteiger partial charge on any atom is -0.493 e. The van der Waals surface area contributed by atoms with E-state index in [9.17, 15) is 13.2 Å². The molecule has 0 fully saturated rings. The van der Waals surface area contributed by atoms with E-state index in [2.05, 4.69) is 0 Å². The minimum absolute atomic E-state index is 0.0620. The summed E-state index contributed by atoms with van der Waals surface area (Å²) < 4.78 is 53.7. The summed E-state index contributed by atoms with van der Waals surface area (Å²) in [6.07, 6.45) is -2.09. The van der Waals surface area contributed by atoms with E-state index in [1.807, 2.05) is 11.0 Å². The van der Waals surface area contributed by atoms with E-state index >= 15 is 0 Å². The molecule has 23 heavy (non-hydrogen) atoms. The molecule has 0 N–H and O–H groups in total. The molecule has 1 aromatic rings. The fraction of sp³-hybridized carbons (Fsp3) is 0.500. The Labute approximate surface area is 132 Å². The zero-order valence-corrected chi connectivity index (χ0v) is 12.6. The summed E-state index contributed by atoms with van der Waals surface area (Å²) in [5.74, 6) is 2.08. The number of alkyl halides is 3. The lowest BCUT2D eigenvalue weighted by atomic mass is 10.1. The van der Waals surface area contributed by atoms with Crippen LogP contribution >= 0.6 is 0 Å². The van der Waals surface area contributed by atoms with E-state index in [1.165, 1.54) is 6.08 Å². The summed E-state index contributed by atoms with van der Waals surface area (Å²) in [6.45, 7) is 2.23. The Bertz CT molecular complexity index is 586. The Kier molecular flexibility index (Phi) is 4.66. The van der Waals surface area contributed by atoms with E-state index in [-0.39, 0.29) is 13.2 Å². The average molecular weight is 329 g/mol. The lowest BCUT2D eigenvalue weighted by molar-refractivity contribution is -0.0960. The number of hydrogen-bond acceptors (Lipinski definition) is 4. The smallest absolute Gasteiger partial charge is 0.412 e. The van der Waals surface area contributed by atoms with Crippen molar-refractivity contribution in [3.63, 3.8) is 0 Å². The Morgan fingerprint density at radius 3 is 2.74 bits per heavy atom. The van der Waals surface area contributed by atoms with Gasteiger partial charge < -0.3 is 14.2 Å². The molecule has 3 rings (SSSR count). The SMILES string of the molecule is FC(F)(F)C1=CCN(CCCOc2ccc3c(c2)OCO3)CC1. The first-order chi connectivity index (χ1) is 11.0. The van der Waals surface area contributed by atoms with Gasteiger partial charge in [-0.05, 0) is 25.0 Å². The maximum atomic E-state index is 12.5. The first-order valence-electron chi connectivity index (χ1n) is 7.53. The van der Waals surface area contributed by atoms with Crippen molar-refractivity contribution in [2.45, 2.75) is 19.0 Å². The minimum atomic E-state index is -4.19. The second-order valence-electron chi connectivity index (χ2n) is 5.49. The van der Waals surface area contributed by atoms with Crippen molar-refractivity contribution < 1.29 is 27.4 Å².